The molecule has 0 aliphatic heterocycles. The van der Waals surface area contributed by atoms with Crippen LogP contribution in [0.2, 0.25) is 10.0 Å². The minimum Gasteiger partial charge on any atom is -0.396 e. The normalized spacial score (nSPS) is 13.4. The molecule has 0 spiro atoms. The summed E-state index contributed by atoms with van der Waals surface area (Å²) < 4.78 is 27.6. The number of benzene rings is 1. The molecule has 0 saturated heterocycles. The van der Waals surface area contributed by atoms with Gasteiger partial charge in [0.25, 0.3) is 0 Å². The van der Waals surface area contributed by atoms with Crippen LogP contribution < -0.4 is 4.72 Å². The van der Waals surface area contributed by atoms with Crippen molar-refractivity contribution in [3.63, 3.8) is 0 Å². The molecule has 20 heavy (non-hydrogen) atoms. The predicted molar refractivity (Wildman–Crippen MR) is 84.8 cm³/mol. The molecule has 0 saturated carbocycles. The molecule has 0 heterocycles. The number of rotatable bonds is 7. The number of halogens is 3. The third-order valence-electron chi connectivity index (χ3n) is 2.91. The fourth-order valence-electron chi connectivity index (χ4n) is 1.72. The fourth-order valence-corrected chi connectivity index (χ4v) is 4.77. The van der Waals surface area contributed by atoms with Crippen LogP contribution >= 0.6 is 39.1 Å². The van der Waals surface area contributed by atoms with Crippen molar-refractivity contribution in [3.05, 3.63) is 26.7 Å². The van der Waals surface area contributed by atoms with Crippen molar-refractivity contribution in [2.24, 2.45) is 5.92 Å². The van der Waals surface area contributed by atoms with E-state index in [1.54, 1.807) is 0 Å². The number of hydrogen-bond donors (Lipinski definition) is 2. The van der Waals surface area contributed by atoms with E-state index in [4.69, 9.17) is 28.3 Å². The Kier molecular flexibility index (Phi) is 7.24. The summed E-state index contributed by atoms with van der Waals surface area (Å²) in [5.74, 6) is 0.0720. The Morgan fingerprint density at radius 1 is 1.35 bits per heavy atom. The summed E-state index contributed by atoms with van der Waals surface area (Å²) in [6.45, 7) is 2.20. The van der Waals surface area contributed by atoms with E-state index in [2.05, 4.69) is 20.7 Å². The van der Waals surface area contributed by atoms with E-state index in [-0.39, 0.29) is 34.0 Å². The fraction of sp³-hybridized carbons (Fsp3) is 0.500. The second-order valence-electron chi connectivity index (χ2n) is 4.34. The lowest BCUT2D eigenvalue weighted by Gasteiger charge is -2.16. The van der Waals surface area contributed by atoms with Crippen molar-refractivity contribution in [1.29, 1.82) is 0 Å². The zero-order chi connectivity index (χ0) is 15.3. The van der Waals surface area contributed by atoms with E-state index < -0.39 is 10.0 Å². The van der Waals surface area contributed by atoms with Crippen LogP contribution in [0.25, 0.3) is 0 Å². The summed E-state index contributed by atoms with van der Waals surface area (Å²) >= 11 is 15.1. The third-order valence-corrected chi connectivity index (χ3v) is 5.71. The van der Waals surface area contributed by atoms with Crippen LogP contribution in [-0.2, 0) is 10.0 Å². The van der Waals surface area contributed by atoms with Gasteiger partial charge < -0.3 is 5.11 Å². The summed E-state index contributed by atoms with van der Waals surface area (Å²) in [5, 5.41) is 9.03. The van der Waals surface area contributed by atoms with Crippen molar-refractivity contribution in [3.8, 4) is 0 Å². The lowest BCUT2D eigenvalue weighted by atomic mass is 10.0. The zero-order valence-electron chi connectivity index (χ0n) is 10.9. The molecular formula is C12H16BrCl2NO3S. The topological polar surface area (TPSA) is 66.4 Å². The first-order valence-electron chi connectivity index (χ1n) is 6.06. The summed E-state index contributed by atoms with van der Waals surface area (Å²) in [7, 11) is -3.78. The van der Waals surface area contributed by atoms with Crippen LogP contribution in [0.5, 0.6) is 0 Å². The van der Waals surface area contributed by atoms with Crippen LogP contribution in [0.1, 0.15) is 19.8 Å². The largest absolute Gasteiger partial charge is 0.396 e. The monoisotopic (exact) mass is 403 g/mol. The molecule has 1 aromatic carbocycles. The molecule has 0 radical (unpaired) electrons. The molecule has 1 atom stereocenters. The van der Waals surface area contributed by atoms with E-state index in [1.165, 1.54) is 12.1 Å². The molecule has 0 aliphatic carbocycles. The molecular weight excluding hydrogens is 389 g/mol. The molecule has 1 unspecified atom stereocenters. The lowest BCUT2D eigenvalue weighted by molar-refractivity contribution is 0.254. The van der Waals surface area contributed by atoms with E-state index in [0.717, 1.165) is 6.42 Å². The highest BCUT2D eigenvalue weighted by Gasteiger charge is 2.23. The molecule has 1 aromatic rings. The zero-order valence-corrected chi connectivity index (χ0v) is 14.8. The maximum atomic E-state index is 12.3. The second-order valence-corrected chi connectivity index (χ2v) is 7.77. The predicted octanol–water partition coefficient (Wildman–Crippen LogP) is 3.44. The van der Waals surface area contributed by atoms with Crippen LogP contribution in [0, 0.1) is 5.92 Å². The molecule has 114 valence electrons. The van der Waals surface area contributed by atoms with E-state index in [9.17, 15) is 8.42 Å². The quantitative estimate of drug-likeness (QED) is 0.731. The molecule has 0 aromatic heterocycles. The van der Waals surface area contributed by atoms with Crippen molar-refractivity contribution in [1.82, 2.24) is 4.72 Å². The molecule has 1 rings (SSSR count). The Bertz CT molecular complexity index is 543. The van der Waals surface area contributed by atoms with Gasteiger partial charge in [-0.2, -0.15) is 0 Å². The highest BCUT2D eigenvalue weighted by atomic mass is 79.9. The van der Waals surface area contributed by atoms with Gasteiger partial charge in [-0.25, -0.2) is 13.1 Å². The minimum atomic E-state index is -3.78. The van der Waals surface area contributed by atoms with Gasteiger partial charge in [-0.15, -0.1) is 0 Å². The number of aliphatic hydroxyl groups excluding tert-OH is 1. The van der Waals surface area contributed by atoms with Gasteiger partial charge in [-0.3, -0.25) is 0 Å². The number of sulfonamides is 1. The average Bonchev–Trinajstić information content (AvgIpc) is 2.32. The Morgan fingerprint density at radius 3 is 2.35 bits per heavy atom. The SMILES string of the molecule is CCC(CCO)CNS(=O)(=O)c1c(Cl)cc(Br)cc1Cl. The van der Waals surface area contributed by atoms with Gasteiger partial charge in [0.2, 0.25) is 10.0 Å². The number of aliphatic hydroxyl groups is 1. The van der Waals surface area contributed by atoms with Gasteiger partial charge in [0, 0.05) is 17.6 Å². The Labute approximate surface area is 137 Å². The van der Waals surface area contributed by atoms with Crippen LogP contribution in [0.4, 0.5) is 0 Å². The molecule has 8 heteroatoms. The maximum Gasteiger partial charge on any atom is 0.243 e. The summed E-state index contributed by atoms with van der Waals surface area (Å²) in [5.41, 5.74) is 0. The van der Waals surface area contributed by atoms with Gasteiger partial charge in [-0.05, 0) is 24.5 Å². The average molecular weight is 405 g/mol. The highest BCUT2D eigenvalue weighted by molar-refractivity contribution is 9.10. The van der Waals surface area contributed by atoms with Crippen LogP contribution in [0.3, 0.4) is 0 Å². The summed E-state index contributed by atoms with van der Waals surface area (Å²) in [6.07, 6.45) is 1.31. The van der Waals surface area contributed by atoms with E-state index in [0.29, 0.717) is 10.9 Å². The number of nitrogens with one attached hydrogen (secondary N) is 1. The van der Waals surface area contributed by atoms with Gasteiger partial charge in [-0.1, -0.05) is 52.5 Å². The van der Waals surface area contributed by atoms with Crippen molar-refractivity contribution in [2.75, 3.05) is 13.2 Å². The maximum absolute atomic E-state index is 12.3. The smallest absolute Gasteiger partial charge is 0.243 e. The first kappa shape index (κ1) is 18.2. The van der Waals surface area contributed by atoms with Gasteiger partial charge in [0.1, 0.15) is 4.90 Å². The second kappa shape index (κ2) is 7.96. The molecule has 0 bridgehead atoms. The first-order chi connectivity index (χ1) is 9.31. The van der Waals surface area contributed by atoms with Crippen molar-refractivity contribution >= 4 is 49.2 Å². The minimum absolute atomic E-state index is 0.0278. The van der Waals surface area contributed by atoms with Gasteiger partial charge >= 0.3 is 0 Å². The van der Waals surface area contributed by atoms with Gasteiger partial charge in [0.15, 0.2) is 0 Å². The van der Waals surface area contributed by atoms with E-state index in [1.807, 2.05) is 6.92 Å². The highest BCUT2D eigenvalue weighted by Crippen LogP contribution is 2.32. The molecule has 2 N–H and O–H groups in total. The van der Waals surface area contributed by atoms with Crippen molar-refractivity contribution in [2.45, 2.75) is 24.7 Å². The van der Waals surface area contributed by atoms with Crippen LogP contribution in [0.15, 0.2) is 21.5 Å². The standard InChI is InChI=1S/C12H16BrCl2NO3S/c1-2-8(3-4-17)7-16-20(18,19)12-10(14)5-9(13)6-11(12)15/h5-6,8,16-17H,2-4,7H2,1H3. The molecule has 0 amide bonds. The first-order valence-corrected chi connectivity index (χ1v) is 9.10. The number of hydrogen-bond acceptors (Lipinski definition) is 3. The Balaban J connectivity index is 2.95. The Hall–Kier alpha value is 0.150. The Morgan fingerprint density at radius 2 is 1.90 bits per heavy atom. The lowest BCUT2D eigenvalue weighted by Crippen LogP contribution is -2.30. The summed E-state index contributed by atoms with van der Waals surface area (Å²) in [6, 6.07) is 2.96. The molecule has 0 aliphatic rings. The van der Waals surface area contributed by atoms with Gasteiger partial charge in [0.05, 0.1) is 10.0 Å². The van der Waals surface area contributed by atoms with E-state index >= 15 is 0 Å². The van der Waals surface area contributed by atoms with Crippen LogP contribution in [-0.4, -0.2) is 26.7 Å². The third kappa shape index (κ3) is 4.86. The summed E-state index contributed by atoms with van der Waals surface area (Å²) in [4.78, 5) is -0.122. The van der Waals surface area contributed by atoms with Crippen molar-refractivity contribution < 1.29 is 13.5 Å². The molecule has 4 nitrogen and oxygen atoms in total. The molecule has 0 fully saturated rings.